The van der Waals surface area contributed by atoms with E-state index in [2.05, 4.69) is 11.1 Å². The molecule has 33 heavy (non-hydrogen) atoms. The topological polar surface area (TPSA) is 86.6 Å². The number of amides is 2. The first-order valence-corrected chi connectivity index (χ1v) is 11.6. The number of piperazine rings is 1. The van der Waals surface area contributed by atoms with Gasteiger partial charge in [0.15, 0.2) is 0 Å². The van der Waals surface area contributed by atoms with Gasteiger partial charge in [0.1, 0.15) is 0 Å². The number of carboxylic acid groups (broad SMARTS) is 1. The second-order valence-corrected chi connectivity index (χ2v) is 9.23. The van der Waals surface area contributed by atoms with E-state index in [9.17, 15) is 14.7 Å². The molecule has 2 aromatic heterocycles. The molecule has 3 aromatic rings. The summed E-state index contributed by atoms with van der Waals surface area (Å²) >= 11 is 6.79. The molecular formula is C25H25ClN4O3. The van der Waals surface area contributed by atoms with Crippen LogP contribution < -0.4 is 0 Å². The molecule has 1 aliphatic heterocycles. The van der Waals surface area contributed by atoms with Crippen LogP contribution in [0.25, 0.3) is 10.9 Å². The number of pyridine rings is 2. The summed E-state index contributed by atoms with van der Waals surface area (Å²) in [6.45, 7) is 2.87. The fourth-order valence-corrected chi connectivity index (χ4v) is 5.36. The zero-order valence-corrected chi connectivity index (χ0v) is 19.1. The van der Waals surface area contributed by atoms with Crippen molar-refractivity contribution < 1.29 is 14.7 Å². The number of carbonyl (C=O) groups is 2. The third kappa shape index (κ3) is 4.02. The molecule has 1 unspecified atom stereocenters. The van der Waals surface area contributed by atoms with Crippen molar-refractivity contribution in [1.29, 1.82) is 0 Å². The Morgan fingerprint density at radius 3 is 2.76 bits per heavy atom. The van der Waals surface area contributed by atoms with Gasteiger partial charge >= 0.3 is 6.09 Å². The first kappa shape index (κ1) is 21.6. The van der Waals surface area contributed by atoms with E-state index in [4.69, 9.17) is 16.6 Å². The van der Waals surface area contributed by atoms with Gasteiger partial charge in [-0.3, -0.25) is 14.8 Å². The summed E-state index contributed by atoms with van der Waals surface area (Å²) in [4.78, 5) is 37.0. The molecule has 170 valence electrons. The van der Waals surface area contributed by atoms with Gasteiger partial charge < -0.3 is 14.9 Å². The fourth-order valence-electron chi connectivity index (χ4n) is 5.00. The van der Waals surface area contributed by atoms with Crippen LogP contribution in [0.2, 0.25) is 5.02 Å². The van der Waals surface area contributed by atoms with Crippen LogP contribution in [-0.2, 0) is 12.8 Å². The standard InChI is InChI=1S/C25H25ClN4O3/c1-15-14-29(10-11-30(15)25(32)33)24(31)17-6-8-19-22(13-17)28-21-12-16(5-7-18(21)23(19)26)20-4-2-3-9-27-20/h2-4,6,8-9,13,15-16H,5,7,10-12,14H2,1H3,(H,32,33)/t15-,16?/m0/s1. The van der Waals surface area contributed by atoms with Crippen molar-refractivity contribution in [1.82, 2.24) is 19.8 Å². The number of nitrogens with zero attached hydrogens (tertiary/aromatic N) is 4. The lowest BCUT2D eigenvalue weighted by Gasteiger charge is -2.38. The molecule has 1 N–H and O–H groups in total. The maximum Gasteiger partial charge on any atom is 0.407 e. The van der Waals surface area contributed by atoms with Crippen molar-refractivity contribution in [2.24, 2.45) is 0 Å². The molecule has 2 atom stereocenters. The van der Waals surface area contributed by atoms with Crippen LogP contribution >= 0.6 is 11.6 Å². The maximum absolute atomic E-state index is 13.2. The molecular weight excluding hydrogens is 440 g/mol. The van der Waals surface area contributed by atoms with Gasteiger partial charge in [-0.1, -0.05) is 23.7 Å². The third-order valence-corrected chi connectivity index (χ3v) is 7.23. The average molecular weight is 465 g/mol. The summed E-state index contributed by atoms with van der Waals surface area (Å²) in [5.74, 6) is 0.187. The second-order valence-electron chi connectivity index (χ2n) is 8.85. The molecule has 2 aliphatic rings. The number of rotatable bonds is 2. The summed E-state index contributed by atoms with van der Waals surface area (Å²) in [5.41, 5.74) is 4.39. The Balaban J connectivity index is 1.43. The predicted molar refractivity (Wildman–Crippen MR) is 126 cm³/mol. The molecule has 1 aliphatic carbocycles. The Morgan fingerprint density at radius 2 is 2.03 bits per heavy atom. The number of carbonyl (C=O) groups excluding carboxylic acids is 1. The summed E-state index contributed by atoms with van der Waals surface area (Å²) in [5, 5.41) is 10.9. The van der Waals surface area contributed by atoms with Crippen LogP contribution in [0.15, 0.2) is 42.6 Å². The molecule has 1 aromatic carbocycles. The summed E-state index contributed by atoms with van der Waals surface area (Å²) < 4.78 is 0. The molecule has 0 spiro atoms. The number of hydrogen-bond acceptors (Lipinski definition) is 4. The normalized spacial score (nSPS) is 20.5. The lowest BCUT2D eigenvalue weighted by atomic mass is 9.84. The minimum absolute atomic E-state index is 0.115. The Hall–Kier alpha value is -3.19. The SMILES string of the molecule is C[C@H]1CN(C(=O)c2ccc3c(Cl)c4c(nc3c2)CC(c2ccccn2)CC4)CCN1C(=O)O. The third-order valence-electron chi connectivity index (χ3n) is 6.80. The highest BCUT2D eigenvalue weighted by atomic mass is 35.5. The number of benzene rings is 1. The van der Waals surface area contributed by atoms with Crippen molar-refractivity contribution >= 4 is 34.5 Å². The minimum Gasteiger partial charge on any atom is -0.465 e. The number of fused-ring (bicyclic) bond motifs is 2. The Morgan fingerprint density at radius 1 is 1.18 bits per heavy atom. The number of aromatic nitrogens is 2. The van der Waals surface area contributed by atoms with Crippen molar-refractivity contribution in [3.63, 3.8) is 0 Å². The van der Waals surface area contributed by atoms with Crippen LogP contribution in [0.3, 0.4) is 0 Å². The van der Waals surface area contributed by atoms with Crippen LogP contribution in [0, 0.1) is 0 Å². The Labute approximate surface area is 197 Å². The van der Waals surface area contributed by atoms with Gasteiger partial charge in [-0.05, 0) is 56.0 Å². The van der Waals surface area contributed by atoms with Gasteiger partial charge in [0.2, 0.25) is 0 Å². The molecule has 0 radical (unpaired) electrons. The van der Waals surface area contributed by atoms with Gasteiger partial charge in [0.25, 0.3) is 5.91 Å². The Kier molecular flexibility index (Phi) is 5.66. The fraction of sp³-hybridized carbons (Fsp3) is 0.360. The highest BCUT2D eigenvalue weighted by molar-refractivity contribution is 6.36. The molecule has 0 bridgehead atoms. The Bertz CT molecular complexity index is 1230. The van der Waals surface area contributed by atoms with E-state index in [1.165, 1.54) is 4.90 Å². The van der Waals surface area contributed by atoms with Crippen LogP contribution in [0.1, 0.15) is 46.6 Å². The predicted octanol–water partition coefficient (Wildman–Crippen LogP) is 4.38. The van der Waals surface area contributed by atoms with E-state index in [0.717, 1.165) is 46.6 Å². The largest absolute Gasteiger partial charge is 0.465 e. The van der Waals surface area contributed by atoms with Crippen molar-refractivity contribution in [3.05, 3.63) is 70.1 Å². The first-order chi connectivity index (χ1) is 15.9. The quantitative estimate of drug-likeness (QED) is 0.608. The molecule has 1 saturated heterocycles. The van der Waals surface area contributed by atoms with Gasteiger partial charge in [-0.2, -0.15) is 0 Å². The van der Waals surface area contributed by atoms with Crippen molar-refractivity contribution in [2.75, 3.05) is 19.6 Å². The molecule has 2 amide bonds. The molecule has 0 saturated carbocycles. The maximum atomic E-state index is 13.2. The zero-order chi connectivity index (χ0) is 23.1. The first-order valence-electron chi connectivity index (χ1n) is 11.2. The van der Waals surface area contributed by atoms with E-state index in [1.807, 2.05) is 37.4 Å². The summed E-state index contributed by atoms with van der Waals surface area (Å²) in [6, 6.07) is 11.2. The lowest BCUT2D eigenvalue weighted by Crippen LogP contribution is -2.55. The van der Waals surface area contributed by atoms with Gasteiger partial charge in [-0.15, -0.1) is 0 Å². The van der Waals surface area contributed by atoms with E-state index >= 15 is 0 Å². The van der Waals surface area contributed by atoms with Crippen LogP contribution in [0.5, 0.6) is 0 Å². The van der Waals surface area contributed by atoms with Crippen molar-refractivity contribution in [2.45, 2.75) is 38.1 Å². The highest BCUT2D eigenvalue weighted by Gasteiger charge is 2.30. The average Bonchev–Trinajstić information content (AvgIpc) is 2.83. The molecule has 7 nitrogen and oxygen atoms in total. The molecule has 3 heterocycles. The van der Waals surface area contributed by atoms with E-state index in [0.29, 0.717) is 36.6 Å². The lowest BCUT2D eigenvalue weighted by molar-refractivity contribution is 0.0507. The van der Waals surface area contributed by atoms with Crippen molar-refractivity contribution in [3.8, 4) is 0 Å². The second kappa shape index (κ2) is 8.63. The van der Waals surface area contributed by atoms with Gasteiger partial charge in [0, 0.05) is 60.1 Å². The smallest absolute Gasteiger partial charge is 0.407 e. The highest BCUT2D eigenvalue weighted by Crippen LogP contribution is 2.37. The van der Waals surface area contributed by atoms with Gasteiger partial charge in [0.05, 0.1) is 10.5 Å². The molecule has 5 rings (SSSR count). The van der Waals surface area contributed by atoms with Gasteiger partial charge in [-0.25, -0.2) is 4.79 Å². The number of halogens is 1. The van der Waals surface area contributed by atoms with Crippen LogP contribution in [-0.4, -0.2) is 62.6 Å². The molecule has 1 fully saturated rings. The van der Waals surface area contributed by atoms with E-state index in [1.54, 1.807) is 11.0 Å². The summed E-state index contributed by atoms with van der Waals surface area (Å²) in [6.07, 6.45) is 3.47. The molecule has 8 heteroatoms. The zero-order valence-electron chi connectivity index (χ0n) is 18.4. The minimum atomic E-state index is -0.951. The van der Waals surface area contributed by atoms with E-state index < -0.39 is 6.09 Å². The number of hydrogen-bond donors (Lipinski definition) is 1. The monoisotopic (exact) mass is 464 g/mol. The van der Waals surface area contributed by atoms with Crippen LogP contribution in [0.4, 0.5) is 4.79 Å². The van der Waals surface area contributed by atoms with E-state index in [-0.39, 0.29) is 11.9 Å². The summed E-state index contributed by atoms with van der Waals surface area (Å²) in [7, 11) is 0.